The van der Waals surface area contributed by atoms with Crippen LogP contribution in [0.5, 0.6) is 0 Å². The Balaban J connectivity index is 2.75. The van der Waals surface area contributed by atoms with Gasteiger partial charge in [0.1, 0.15) is 0 Å². The van der Waals surface area contributed by atoms with Gasteiger partial charge in [-0.3, -0.25) is 0 Å². The normalized spacial score (nSPS) is 14.5. The summed E-state index contributed by atoms with van der Waals surface area (Å²) in [5, 5.41) is 3.32. The average molecular weight is 305 g/mol. The molecule has 0 spiro atoms. The maximum Gasteiger partial charge on any atom is 0.452 e. The summed E-state index contributed by atoms with van der Waals surface area (Å²) in [6.45, 7) is 1.89. The van der Waals surface area contributed by atoms with Gasteiger partial charge in [0.2, 0.25) is 5.76 Å². The Labute approximate surface area is 86.6 Å². The Morgan fingerprint density at radius 1 is 1.62 bits per heavy atom. The fourth-order valence-electron chi connectivity index (χ4n) is 0.830. The zero-order chi connectivity index (χ0) is 10.1. The van der Waals surface area contributed by atoms with E-state index in [1.165, 1.54) is 0 Å². The third kappa shape index (κ3) is 3.17. The summed E-state index contributed by atoms with van der Waals surface area (Å²) >= 11 is 2.11. The third-order valence-corrected chi connectivity index (χ3v) is 1.77. The molecule has 0 radical (unpaired) electrons. The lowest BCUT2D eigenvalue weighted by molar-refractivity contribution is -0.155. The SMILES string of the molecule is CC(I)Cc1cc(C(F)(F)F)on1. The number of rotatable bonds is 2. The summed E-state index contributed by atoms with van der Waals surface area (Å²) in [6, 6.07) is 0.940. The maximum absolute atomic E-state index is 12.0. The molecule has 0 aliphatic rings. The number of aromatic nitrogens is 1. The lowest BCUT2D eigenvalue weighted by Crippen LogP contribution is -2.02. The summed E-state index contributed by atoms with van der Waals surface area (Å²) in [5.74, 6) is -1.03. The molecule has 74 valence electrons. The van der Waals surface area contributed by atoms with E-state index in [2.05, 4.69) is 32.3 Å². The second-order valence-corrected chi connectivity index (χ2v) is 4.79. The number of halogens is 4. The van der Waals surface area contributed by atoms with Crippen molar-refractivity contribution in [2.75, 3.05) is 0 Å². The highest BCUT2D eigenvalue weighted by Crippen LogP contribution is 2.29. The molecule has 0 saturated carbocycles. The van der Waals surface area contributed by atoms with Crippen molar-refractivity contribution in [3.8, 4) is 0 Å². The first-order chi connectivity index (χ1) is 5.89. The van der Waals surface area contributed by atoms with Crippen molar-refractivity contribution in [3.63, 3.8) is 0 Å². The van der Waals surface area contributed by atoms with Crippen LogP contribution in [0.3, 0.4) is 0 Å². The first-order valence-electron chi connectivity index (χ1n) is 3.56. The van der Waals surface area contributed by atoms with Crippen LogP contribution in [0.15, 0.2) is 10.6 Å². The molecule has 0 aliphatic heterocycles. The Bertz CT molecular complexity index is 282. The van der Waals surface area contributed by atoms with Gasteiger partial charge in [-0.05, 0) is 0 Å². The lowest BCUT2D eigenvalue weighted by atomic mass is 10.2. The van der Waals surface area contributed by atoms with Crippen LogP contribution in [-0.4, -0.2) is 9.08 Å². The number of hydrogen-bond acceptors (Lipinski definition) is 2. The van der Waals surface area contributed by atoms with Gasteiger partial charge < -0.3 is 4.52 Å². The molecule has 1 unspecified atom stereocenters. The van der Waals surface area contributed by atoms with E-state index < -0.39 is 11.9 Å². The smallest absolute Gasteiger partial charge is 0.351 e. The van der Waals surface area contributed by atoms with Gasteiger partial charge in [0.05, 0.1) is 5.69 Å². The van der Waals surface area contributed by atoms with Crippen molar-refractivity contribution in [1.82, 2.24) is 5.16 Å². The molecule has 6 heteroatoms. The van der Waals surface area contributed by atoms with Gasteiger partial charge in [-0.15, -0.1) is 0 Å². The summed E-state index contributed by atoms with van der Waals surface area (Å²) < 4.78 is 40.4. The summed E-state index contributed by atoms with van der Waals surface area (Å²) in [6.07, 6.45) is -3.94. The molecular weight excluding hydrogens is 298 g/mol. The van der Waals surface area contributed by atoms with Crippen molar-refractivity contribution in [3.05, 3.63) is 17.5 Å². The molecule has 1 aromatic rings. The van der Waals surface area contributed by atoms with Crippen molar-refractivity contribution in [1.29, 1.82) is 0 Å². The standard InChI is InChI=1S/C7H7F3INO/c1-4(11)2-5-3-6(13-12-5)7(8,9)10/h3-4H,2H2,1H3. The minimum atomic E-state index is -4.43. The zero-order valence-corrected chi connectivity index (χ0v) is 8.89. The molecule has 1 heterocycles. The van der Waals surface area contributed by atoms with E-state index in [9.17, 15) is 13.2 Å². The highest BCUT2D eigenvalue weighted by Gasteiger charge is 2.36. The Morgan fingerprint density at radius 3 is 2.62 bits per heavy atom. The molecular formula is C7H7F3INO. The number of nitrogens with zero attached hydrogens (tertiary/aromatic N) is 1. The molecule has 0 amide bonds. The van der Waals surface area contributed by atoms with Crippen LogP contribution in [0, 0.1) is 0 Å². The lowest BCUT2D eigenvalue weighted by Gasteiger charge is -1.97. The first-order valence-corrected chi connectivity index (χ1v) is 4.81. The zero-order valence-electron chi connectivity index (χ0n) is 6.73. The van der Waals surface area contributed by atoms with Gasteiger partial charge in [-0.1, -0.05) is 34.7 Å². The quantitative estimate of drug-likeness (QED) is 0.620. The topological polar surface area (TPSA) is 26.0 Å². The minimum Gasteiger partial charge on any atom is -0.351 e. The molecule has 13 heavy (non-hydrogen) atoms. The van der Waals surface area contributed by atoms with Crippen LogP contribution in [-0.2, 0) is 12.6 Å². The molecule has 1 atom stereocenters. The monoisotopic (exact) mass is 305 g/mol. The van der Waals surface area contributed by atoms with Gasteiger partial charge in [0, 0.05) is 16.4 Å². The Hall–Kier alpha value is -0.270. The molecule has 0 bridgehead atoms. The van der Waals surface area contributed by atoms with Gasteiger partial charge in [0.25, 0.3) is 0 Å². The van der Waals surface area contributed by atoms with Gasteiger partial charge in [0.15, 0.2) is 0 Å². The highest BCUT2D eigenvalue weighted by molar-refractivity contribution is 14.1. The molecule has 0 saturated heterocycles. The predicted molar refractivity (Wildman–Crippen MR) is 48.7 cm³/mol. The van der Waals surface area contributed by atoms with Crippen molar-refractivity contribution < 1.29 is 17.7 Å². The van der Waals surface area contributed by atoms with Crippen LogP contribution in [0.1, 0.15) is 18.4 Å². The second-order valence-electron chi connectivity index (χ2n) is 2.67. The molecule has 0 N–H and O–H groups in total. The van der Waals surface area contributed by atoms with Gasteiger partial charge in [-0.25, -0.2) is 0 Å². The van der Waals surface area contributed by atoms with Crippen molar-refractivity contribution in [2.24, 2.45) is 0 Å². The van der Waals surface area contributed by atoms with E-state index in [1.54, 1.807) is 0 Å². The van der Waals surface area contributed by atoms with E-state index in [1.807, 2.05) is 6.92 Å². The largest absolute Gasteiger partial charge is 0.452 e. The fraction of sp³-hybridized carbons (Fsp3) is 0.571. The molecule has 0 aliphatic carbocycles. The fourth-order valence-corrected chi connectivity index (χ4v) is 1.28. The third-order valence-electron chi connectivity index (χ3n) is 1.33. The van der Waals surface area contributed by atoms with Crippen LogP contribution < -0.4 is 0 Å². The van der Waals surface area contributed by atoms with Crippen LogP contribution in [0.2, 0.25) is 0 Å². The van der Waals surface area contributed by atoms with Gasteiger partial charge in [-0.2, -0.15) is 13.2 Å². The van der Waals surface area contributed by atoms with E-state index in [4.69, 9.17) is 0 Å². The van der Waals surface area contributed by atoms with E-state index in [0.29, 0.717) is 12.1 Å². The Kier molecular flexibility index (Phi) is 3.20. The summed E-state index contributed by atoms with van der Waals surface area (Å²) in [5.41, 5.74) is 0.342. The van der Waals surface area contributed by atoms with Crippen LogP contribution in [0.25, 0.3) is 0 Å². The van der Waals surface area contributed by atoms with Crippen LogP contribution in [0.4, 0.5) is 13.2 Å². The second kappa shape index (κ2) is 3.85. The summed E-state index contributed by atoms with van der Waals surface area (Å²) in [7, 11) is 0. The molecule has 0 fully saturated rings. The Morgan fingerprint density at radius 2 is 2.23 bits per heavy atom. The maximum atomic E-state index is 12.0. The molecule has 2 nitrogen and oxygen atoms in total. The average Bonchev–Trinajstić information content (AvgIpc) is 2.32. The van der Waals surface area contributed by atoms with Gasteiger partial charge >= 0.3 is 6.18 Å². The van der Waals surface area contributed by atoms with E-state index in [-0.39, 0.29) is 3.92 Å². The first kappa shape index (κ1) is 10.8. The predicted octanol–water partition coefficient (Wildman–Crippen LogP) is 3.06. The molecule has 0 aromatic carbocycles. The minimum absolute atomic E-state index is 0.240. The number of hydrogen-bond donors (Lipinski definition) is 0. The van der Waals surface area contributed by atoms with E-state index in [0.717, 1.165) is 6.07 Å². The van der Waals surface area contributed by atoms with Crippen molar-refractivity contribution >= 4 is 22.6 Å². The number of alkyl halides is 4. The van der Waals surface area contributed by atoms with Crippen molar-refractivity contribution in [2.45, 2.75) is 23.4 Å². The highest BCUT2D eigenvalue weighted by atomic mass is 127. The molecule has 1 rings (SSSR count). The van der Waals surface area contributed by atoms with Crippen LogP contribution >= 0.6 is 22.6 Å². The summed E-state index contributed by atoms with van der Waals surface area (Å²) in [4.78, 5) is 0. The molecule has 1 aromatic heterocycles. The van der Waals surface area contributed by atoms with E-state index >= 15 is 0 Å².